The van der Waals surface area contributed by atoms with Gasteiger partial charge in [0, 0.05) is 26.2 Å². The van der Waals surface area contributed by atoms with Crippen LogP contribution >= 0.6 is 0 Å². The number of piperazine rings is 1. The van der Waals surface area contributed by atoms with Crippen molar-refractivity contribution in [1.29, 1.82) is 0 Å². The van der Waals surface area contributed by atoms with E-state index >= 15 is 0 Å². The first-order valence-electron chi connectivity index (χ1n) is 9.02. The molecule has 0 spiro atoms. The first-order chi connectivity index (χ1) is 11.7. The van der Waals surface area contributed by atoms with Crippen molar-refractivity contribution in [2.75, 3.05) is 50.1 Å². The average Bonchev–Trinajstić information content (AvgIpc) is 2.62. The van der Waals surface area contributed by atoms with E-state index in [9.17, 15) is 4.79 Å². The molecule has 1 saturated carbocycles. The SMILES string of the molecule is CN1CCN(c2ccc(NC(=O)COC3CCCCC3)nc2)CC1. The van der Waals surface area contributed by atoms with Crippen LogP contribution < -0.4 is 10.2 Å². The third kappa shape index (κ3) is 4.92. The van der Waals surface area contributed by atoms with E-state index in [2.05, 4.69) is 27.1 Å². The van der Waals surface area contributed by atoms with Gasteiger partial charge in [-0.2, -0.15) is 0 Å². The van der Waals surface area contributed by atoms with Crippen LogP contribution in [0.25, 0.3) is 0 Å². The van der Waals surface area contributed by atoms with Gasteiger partial charge in [0.2, 0.25) is 0 Å². The molecule has 0 atom stereocenters. The molecule has 0 aromatic carbocycles. The van der Waals surface area contributed by atoms with Crippen LogP contribution in [-0.2, 0) is 9.53 Å². The first-order valence-corrected chi connectivity index (χ1v) is 9.02. The Morgan fingerprint density at radius 3 is 2.62 bits per heavy atom. The van der Waals surface area contributed by atoms with Crippen molar-refractivity contribution < 1.29 is 9.53 Å². The van der Waals surface area contributed by atoms with Crippen LogP contribution in [0.3, 0.4) is 0 Å². The Hall–Kier alpha value is -1.66. The molecule has 3 rings (SSSR count). The number of amides is 1. The van der Waals surface area contributed by atoms with Gasteiger partial charge in [0.25, 0.3) is 5.91 Å². The lowest BCUT2D eigenvalue weighted by atomic mass is 9.98. The van der Waals surface area contributed by atoms with Gasteiger partial charge in [-0.3, -0.25) is 4.79 Å². The highest BCUT2D eigenvalue weighted by Gasteiger charge is 2.16. The average molecular weight is 332 g/mol. The van der Waals surface area contributed by atoms with Gasteiger partial charge in [0.1, 0.15) is 12.4 Å². The molecule has 6 heteroatoms. The van der Waals surface area contributed by atoms with Crippen molar-refractivity contribution in [1.82, 2.24) is 9.88 Å². The van der Waals surface area contributed by atoms with E-state index < -0.39 is 0 Å². The van der Waals surface area contributed by atoms with Gasteiger partial charge in [-0.15, -0.1) is 0 Å². The van der Waals surface area contributed by atoms with Crippen LogP contribution in [0.2, 0.25) is 0 Å². The number of carbonyl (C=O) groups is 1. The van der Waals surface area contributed by atoms with Crippen molar-refractivity contribution >= 4 is 17.4 Å². The number of hydrogen-bond donors (Lipinski definition) is 1. The van der Waals surface area contributed by atoms with Crippen molar-refractivity contribution in [2.45, 2.75) is 38.2 Å². The number of carbonyl (C=O) groups excluding carboxylic acids is 1. The van der Waals surface area contributed by atoms with E-state index in [-0.39, 0.29) is 18.6 Å². The summed E-state index contributed by atoms with van der Waals surface area (Å²) in [6, 6.07) is 3.89. The van der Waals surface area contributed by atoms with Gasteiger partial charge in [-0.05, 0) is 32.0 Å². The molecular weight excluding hydrogens is 304 g/mol. The van der Waals surface area contributed by atoms with Gasteiger partial charge in [-0.25, -0.2) is 4.98 Å². The number of likely N-dealkylation sites (N-methyl/N-ethyl adjacent to an activating group) is 1. The van der Waals surface area contributed by atoms with Crippen molar-refractivity contribution in [3.63, 3.8) is 0 Å². The summed E-state index contributed by atoms with van der Waals surface area (Å²) >= 11 is 0. The fourth-order valence-corrected chi connectivity index (χ4v) is 3.32. The fraction of sp³-hybridized carbons (Fsp3) is 0.667. The number of anilines is 2. The monoisotopic (exact) mass is 332 g/mol. The molecule has 0 radical (unpaired) electrons. The number of pyridine rings is 1. The largest absolute Gasteiger partial charge is 0.368 e. The third-order valence-corrected chi connectivity index (χ3v) is 4.89. The van der Waals surface area contributed by atoms with Crippen molar-refractivity contribution in [3.8, 4) is 0 Å². The fourth-order valence-electron chi connectivity index (χ4n) is 3.32. The number of ether oxygens (including phenoxy) is 1. The van der Waals surface area contributed by atoms with Crippen LogP contribution in [0.5, 0.6) is 0 Å². The second-order valence-corrected chi connectivity index (χ2v) is 6.81. The maximum Gasteiger partial charge on any atom is 0.251 e. The highest BCUT2D eigenvalue weighted by atomic mass is 16.5. The van der Waals surface area contributed by atoms with E-state index in [1.807, 2.05) is 18.3 Å². The summed E-state index contributed by atoms with van der Waals surface area (Å²) in [4.78, 5) is 21.0. The van der Waals surface area contributed by atoms with Crippen LogP contribution in [0.4, 0.5) is 11.5 Å². The Balaban J connectivity index is 1.44. The van der Waals surface area contributed by atoms with Gasteiger partial charge >= 0.3 is 0 Å². The highest BCUT2D eigenvalue weighted by molar-refractivity contribution is 5.90. The van der Waals surface area contributed by atoms with Crippen LogP contribution in [0, 0.1) is 0 Å². The molecule has 1 N–H and O–H groups in total. The Kier molecular flexibility index (Phi) is 6.04. The number of nitrogens with zero attached hydrogens (tertiary/aromatic N) is 3. The van der Waals surface area contributed by atoms with Gasteiger partial charge in [-0.1, -0.05) is 19.3 Å². The zero-order valence-electron chi connectivity index (χ0n) is 14.5. The zero-order valence-corrected chi connectivity index (χ0v) is 14.5. The molecule has 0 bridgehead atoms. The molecule has 2 aliphatic rings. The first kappa shape index (κ1) is 17.2. The number of rotatable bonds is 5. The minimum absolute atomic E-state index is 0.118. The topological polar surface area (TPSA) is 57.7 Å². The predicted molar refractivity (Wildman–Crippen MR) is 95.4 cm³/mol. The molecule has 6 nitrogen and oxygen atoms in total. The molecule has 1 saturated heterocycles. The molecule has 1 aromatic heterocycles. The lowest BCUT2D eigenvalue weighted by Crippen LogP contribution is -2.44. The molecule has 1 amide bonds. The smallest absolute Gasteiger partial charge is 0.251 e. The van der Waals surface area contributed by atoms with Crippen LogP contribution in [0.1, 0.15) is 32.1 Å². The standard InChI is InChI=1S/C18H28N4O2/c1-21-9-11-22(12-10-21)15-7-8-17(19-13-15)20-18(23)14-24-16-5-3-2-4-6-16/h7-8,13,16H,2-6,9-12,14H2,1H3,(H,19,20,23). The van der Waals surface area contributed by atoms with Gasteiger partial charge < -0.3 is 19.9 Å². The third-order valence-electron chi connectivity index (χ3n) is 4.89. The minimum Gasteiger partial charge on any atom is -0.368 e. The summed E-state index contributed by atoms with van der Waals surface area (Å²) < 4.78 is 5.69. The summed E-state index contributed by atoms with van der Waals surface area (Å²) in [7, 11) is 2.14. The quantitative estimate of drug-likeness (QED) is 0.895. The van der Waals surface area contributed by atoms with E-state index in [4.69, 9.17) is 4.74 Å². The molecule has 0 unspecified atom stereocenters. The highest BCUT2D eigenvalue weighted by Crippen LogP contribution is 2.20. The second kappa shape index (κ2) is 8.44. The maximum absolute atomic E-state index is 12.0. The van der Waals surface area contributed by atoms with Crippen molar-refractivity contribution in [3.05, 3.63) is 18.3 Å². The molecule has 1 aliphatic heterocycles. The van der Waals surface area contributed by atoms with E-state index in [0.717, 1.165) is 44.7 Å². The summed E-state index contributed by atoms with van der Waals surface area (Å²) in [5.41, 5.74) is 1.11. The lowest BCUT2D eigenvalue weighted by molar-refractivity contribution is -0.123. The summed E-state index contributed by atoms with van der Waals surface area (Å²) in [6.45, 7) is 4.28. The number of nitrogens with one attached hydrogen (secondary N) is 1. The lowest BCUT2D eigenvalue weighted by Gasteiger charge is -2.33. The van der Waals surface area contributed by atoms with E-state index in [0.29, 0.717) is 5.82 Å². The normalized spacial score (nSPS) is 20.1. The molecule has 2 fully saturated rings. The second-order valence-electron chi connectivity index (χ2n) is 6.81. The Morgan fingerprint density at radius 2 is 1.96 bits per heavy atom. The van der Waals surface area contributed by atoms with Crippen LogP contribution in [0.15, 0.2) is 18.3 Å². The number of hydrogen-bond acceptors (Lipinski definition) is 5. The molecular formula is C18H28N4O2. The molecule has 132 valence electrons. The zero-order chi connectivity index (χ0) is 16.8. The Labute approximate surface area is 144 Å². The van der Waals surface area contributed by atoms with Gasteiger partial charge in [0.15, 0.2) is 0 Å². The molecule has 1 aliphatic carbocycles. The summed E-state index contributed by atoms with van der Waals surface area (Å²) in [6.07, 6.45) is 7.94. The minimum atomic E-state index is -0.125. The molecule has 24 heavy (non-hydrogen) atoms. The Bertz CT molecular complexity index is 520. The molecule has 2 heterocycles. The number of aromatic nitrogens is 1. The Morgan fingerprint density at radius 1 is 1.21 bits per heavy atom. The van der Waals surface area contributed by atoms with E-state index in [1.54, 1.807) is 0 Å². The molecule has 1 aromatic rings. The maximum atomic E-state index is 12.0. The van der Waals surface area contributed by atoms with Crippen LogP contribution in [-0.4, -0.2) is 61.7 Å². The predicted octanol–water partition coefficient (Wildman–Crippen LogP) is 2.12. The van der Waals surface area contributed by atoms with Gasteiger partial charge in [0.05, 0.1) is 18.0 Å². The summed E-state index contributed by atoms with van der Waals surface area (Å²) in [5.74, 6) is 0.463. The van der Waals surface area contributed by atoms with Crippen molar-refractivity contribution in [2.24, 2.45) is 0 Å². The van der Waals surface area contributed by atoms with E-state index in [1.165, 1.54) is 19.3 Å². The summed E-state index contributed by atoms with van der Waals surface area (Å²) in [5, 5.41) is 2.82.